The van der Waals surface area contributed by atoms with Crippen molar-refractivity contribution < 1.29 is 20.6 Å². The Balaban J connectivity index is 1.91. The highest BCUT2D eigenvalue weighted by molar-refractivity contribution is 7.98. The maximum absolute atomic E-state index is 11.3. The molecule has 2 heterocycles. The molecule has 34 heavy (non-hydrogen) atoms. The Morgan fingerprint density at radius 3 is 2.56 bits per heavy atom. The summed E-state index contributed by atoms with van der Waals surface area (Å²) in [4.78, 5) is 13.6. The van der Waals surface area contributed by atoms with Gasteiger partial charge in [0.1, 0.15) is 23.3 Å². The van der Waals surface area contributed by atoms with Crippen molar-refractivity contribution in [3.8, 4) is 22.1 Å². The summed E-state index contributed by atoms with van der Waals surface area (Å²) in [6, 6.07) is 6.68. The first kappa shape index (κ1) is 23.1. The van der Waals surface area contributed by atoms with E-state index < -0.39 is 15.7 Å². The number of ether oxygens (including phenoxy) is 2. The van der Waals surface area contributed by atoms with Crippen LogP contribution >= 0.6 is 23.1 Å². The zero-order chi connectivity index (χ0) is 26.5. The van der Waals surface area contributed by atoms with E-state index in [1.807, 2.05) is 13.0 Å². The van der Waals surface area contributed by atoms with Crippen LogP contribution in [0, 0.1) is 0 Å². The van der Waals surface area contributed by atoms with Gasteiger partial charge in [0, 0.05) is 31.5 Å². The average Bonchev–Trinajstić information content (AvgIpc) is 3.20. The molecule has 184 valence electrons. The van der Waals surface area contributed by atoms with E-state index in [-0.39, 0.29) is 35.6 Å². The van der Waals surface area contributed by atoms with E-state index in [1.165, 1.54) is 24.5 Å². The van der Waals surface area contributed by atoms with Crippen LogP contribution in [0.3, 0.4) is 0 Å². The molecule has 0 radical (unpaired) electrons. The first-order chi connectivity index (χ1) is 16.9. The van der Waals surface area contributed by atoms with Crippen LogP contribution in [0.1, 0.15) is 26.7 Å². The summed E-state index contributed by atoms with van der Waals surface area (Å²) in [5.41, 5.74) is 10.5. The highest BCUT2D eigenvalue weighted by Gasteiger charge is 2.16. The van der Waals surface area contributed by atoms with E-state index in [4.69, 9.17) is 23.7 Å². The lowest BCUT2D eigenvalue weighted by atomic mass is 10.2. The van der Waals surface area contributed by atoms with Crippen LogP contribution in [0.5, 0.6) is 11.5 Å². The van der Waals surface area contributed by atoms with Crippen LogP contribution in [0.25, 0.3) is 10.6 Å². The number of nitrogen functional groups attached to an aromatic ring is 2. The highest BCUT2D eigenvalue weighted by Crippen LogP contribution is 2.37. The predicted octanol–water partition coefficient (Wildman–Crippen LogP) is 2.95. The van der Waals surface area contributed by atoms with Gasteiger partial charge in [-0.05, 0) is 24.6 Å². The van der Waals surface area contributed by atoms with Crippen molar-refractivity contribution in [2.45, 2.75) is 30.6 Å². The van der Waals surface area contributed by atoms with Crippen molar-refractivity contribution in [1.29, 1.82) is 0 Å². The van der Waals surface area contributed by atoms with Crippen LogP contribution in [0.4, 0.5) is 11.6 Å². The van der Waals surface area contributed by atoms with Gasteiger partial charge in [-0.3, -0.25) is 0 Å². The monoisotopic (exact) mass is 526 g/mol. The second-order valence-corrected chi connectivity index (χ2v) is 10.8. The molecule has 0 unspecified atom stereocenters. The van der Waals surface area contributed by atoms with Crippen molar-refractivity contribution in [2.24, 2.45) is 0 Å². The van der Waals surface area contributed by atoms with Crippen molar-refractivity contribution in [2.75, 3.05) is 38.0 Å². The molecular formula is C21H28N6O4S3. The zero-order valence-corrected chi connectivity index (χ0v) is 21.4. The number of nitrogens with zero attached hydrogens (tertiary/aromatic N) is 3. The third-order valence-corrected chi connectivity index (χ3v) is 6.85. The van der Waals surface area contributed by atoms with Gasteiger partial charge in [-0.25, -0.2) is 28.1 Å². The number of benzene rings is 1. The fourth-order valence-electron chi connectivity index (χ4n) is 2.86. The number of hydrogen-bond acceptors (Lipinski definition) is 11. The topological polar surface area (TPSA) is 155 Å². The Bertz CT molecular complexity index is 1300. The Kier molecular flexibility index (Phi) is 7.96. The lowest BCUT2D eigenvalue weighted by Gasteiger charge is -2.12. The third-order valence-electron chi connectivity index (χ3n) is 4.29. The van der Waals surface area contributed by atoms with Crippen LogP contribution in [-0.2, 0) is 22.1 Å². The van der Waals surface area contributed by atoms with Gasteiger partial charge >= 0.3 is 0 Å². The molecule has 0 bridgehead atoms. The fraction of sp³-hybridized carbons (Fsp3) is 0.381. The van der Waals surface area contributed by atoms with Crippen LogP contribution < -0.4 is 25.7 Å². The van der Waals surface area contributed by atoms with Crippen molar-refractivity contribution in [3.63, 3.8) is 0 Å². The molecule has 0 atom stereocenters. The molecule has 3 aromatic rings. The summed E-state index contributed by atoms with van der Waals surface area (Å²) in [5.74, 6) is 1.21. The molecule has 0 aliphatic rings. The molecule has 0 saturated heterocycles. The normalized spacial score (nSPS) is 12.8. The number of sulfonamides is 1. The Hall–Kier alpha value is -2.61. The number of nitrogens with one attached hydrogen (secondary N) is 1. The molecule has 0 aliphatic heterocycles. The maximum atomic E-state index is 11.3. The number of thiazole rings is 1. The summed E-state index contributed by atoms with van der Waals surface area (Å²) in [7, 11) is -1.82. The van der Waals surface area contributed by atoms with Gasteiger partial charge in [0.2, 0.25) is 10.0 Å². The van der Waals surface area contributed by atoms with Crippen LogP contribution in [0.15, 0.2) is 29.4 Å². The Labute approximate surface area is 210 Å². The molecule has 5 N–H and O–H groups in total. The smallest absolute Gasteiger partial charge is 0.208 e. The van der Waals surface area contributed by atoms with Gasteiger partial charge in [-0.1, -0.05) is 25.1 Å². The first-order valence-electron chi connectivity index (χ1n) is 11.3. The molecular weight excluding hydrogens is 496 g/mol. The van der Waals surface area contributed by atoms with Crippen molar-refractivity contribution in [1.82, 2.24) is 19.7 Å². The highest BCUT2D eigenvalue weighted by atomic mass is 32.2. The van der Waals surface area contributed by atoms with E-state index in [0.717, 1.165) is 29.3 Å². The van der Waals surface area contributed by atoms with E-state index in [9.17, 15) is 8.42 Å². The standard InChI is InChI=1S/C21H28N6O4S3/c1-4-5-17-14(12-32-21-26-18(22)11-19(23)27-21)25-20(33-17)13-6-7-15(30-2)16(10-13)31-9-8-24-34(3,28)29/h6-7,10-11,24H,4-5,8-9,12H2,1-3H3,(H4,22,23,26,27)/i12D2. The summed E-state index contributed by atoms with van der Waals surface area (Å²) >= 11 is 2.19. The Morgan fingerprint density at radius 2 is 1.91 bits per heavy atom. The average molecular weight is 527 g/mol. The number of methoxy groups -OCH3 is 1. The van der Waals surface area contributed by atoms with Crippen LogP contribution in [0.2, 0.25) is 0 Å². The minimum atomic E-state index is -3.32. The van der Waals surface area contributed by atoms with Gasteiger partial charge < -0.3 is 20.9 Å². The summed E-state index contributed by atoms with van der Waals surface area (Å²) in [5, 5.41) is 0.727. The number of aromatic nitrogens is 3. The first-order valence-corrected chi connectivity index (χ1v) is 13.8. The summed E-state index contributed by atoms with van der Waals surface area (Å²) in [6.07, 6.45) is 2.53. The number of thioether (sulfide) groups is 1. The maximum Gasteiger partial charge on any atom is 0.208 e. The van der Waals surface area contributed by atoms with E-state index in [2.05, 4.69) is 19.7 Å². The number of rotatable bonds is 12. The molecule has 0 spiro atoms. The molecule has 10 nitrogen and oxygen atoms in total. The second kappa shape index (κ2) is 11.7. The fourth-order valence-corrected chi connectivity index (χ4v) is 5.16. The summed E-state index contributed by atoms with van der Waals surface area (Å²) in [6.45, 7) is 2.21. The lowest BCUT2D eigenvalue weighted by Crippen LogP contribution is -2.26. The minimum absolute atomic E-state index is 0.0968. The molecule has 1 aromatic carbocycles. The lowest BCUT2D eigenvalue weighted by molar-refractivity contribution is 0.299. The van der Waals surface area contributed by atoms with E-state index >= 15 is 0 Å². The van der Waals surface area contributed by atoms with E-state index in [1.54, 1.807) is 12.1 Å². The second-order valence-electron chi connectivity index (χ2n) is 7.13. The number of hydrogen-bond donors (Lipinski definition) is 3. The SMILES string of the molecule is [2H]C([2H])(Sc1nc(N)cc(N)n1)c1nc(-c2ccc(OC)c(OCCNS(C)(=O)=O)c2)sc1CCC. The van der Waals surface area contributed by atoms with E-state index in [0.29, 0.717) is 28.5 Å². The molecule has 3 rings (SSSR count). The van der Waals surface area contributed by atoms with Gasteiger partial charge in [0.25, 0.3) is 0 Å². The zero-order valence-electron chi connectivity index (χ0n) is 21.0. The quantitative estimate of drug-likeness (QED) is 0.182. The van der Waals surface area contributed by atoms with Gasteiger partial charge in [0.15, 0.2) is 16.7 Å². The van der Waals surface area contributed by atoms with Gasteiger partial charge in [0.05, 0.1) is 19.1 Å². The van der Waals surface area contributed by atoms with Crippen molar-refractivity contribution in [3.05, 3.63) is 34.8 Å². The number of nitrogens with two attached hydrogens (primary N) is 2. The Morgan fingerprint density at radius 1 is 1.18 bits per heavy atom. The van der Waals surface area contributed by atoms with Crippen LogP contribution in [-0.4, -0.2) is 49.9 Å². The third kappa shape index (κ3) is 7.45. The van der Waals surface area contributed by atoms with Gasteiger partial charge in [-0.15, -0.1) is 11.3 Å². The predicted molar refractivity (Wildman–Crippen MR) is 137 cm³/mol. The molecule has 0 amide bonds. The minimum Gasteiger partial charge on any atom is -0.493 e. The summed E-state index contributed by atoms with van der Waals surface area (Å²) < 4.78 is 53.5. The molecule has 0 saturated carbocycles. The number of aryl methyl sites for hydroxylation is 1. The molecule has 0 aliphatic carbocycles. The number of anilines is 2. The molecule has 2 aromatic heterocycles. The largest absolute Gasteiger partial charge is 0.493 e. The van der Waals surface area contributed by atoms with Gasteiger partial charge in [-0.2, -0.15) is 0 Å². The molecule has 13 heteroatoms. The van der Waals surface area contributed by atoms with Crippen molar-refractivity contribution >= 4 is 44.8 Å². The molecule has 0 fully saturated rings.